The largest absolute Gasteiger partial charge is 0.491 e. The Labute approximate surface area is 262 Å². The SMILES string of the molecule is C[C@@H]1NC(=O)[C@H](Cc2ccc(OCCOCCOCCOCCOc3ccc(C[C@@H]4NC(=O)[C@H](C)NC4=O)cc3)cc2)NC1=O. The molecule has 2 saturated heterocycles. The smallest absolute Gasteiger partial charge is 0.243 e. The number of amides is 4. The highest BCUT2D eigenvalue weighted by Gasteiger charge is 2.31. The maximum absolute atomic E-state index is 12.1. The van der Waals surface area contributed by atoms with Gasteiger partial charge in [-0.25, -0.2) is 0 Å². The number of carbonyl (C=O) groups excluding carboxylic acids is 4. The highest BCUT2D eigenvalue weighted by atomic mass is 16.6. The van der Waals surface area contributed by atoms with Crippen molar-refractivity contribution in [2.75, 3.05) is 52.9 Å². The topological polar surface area (TPSA) is 163 Å². The number of hydrogen-bond donors (Lipinski definition) is 4. The molecule has 0 bridgehead atoms. The third-order valence-corrected chi connectivity index (χ3v) is 7.23. The van der Waals surface area contributed by atoms with E-state index in [0.29, 0.717) is 77.2 Å². The van der Waals surface area contributed by atoms with Crippen LogP contribution in [0, 0.1) is 0 Å². The Morgan fingerprint density at radius 3 is 1.16 bits per heavy atom. The van der Waals surface area contributed by atoms with Gasteiger partial charge in [0.2, 0.25) is 23.6 Å². The van der Waals surface area contributed by atoms with Crippen molar-refractivity contribution >= 4 is 23.6 Å². The first-order valence-corrected chi connectivity index (χ1v) is 15.2. The van der Waals surface area contributed by atoms with Gasteiger partial charge < -0.3 is 45.0 Å². The number of ether oxygens (including phenoxy) is 5. The molecular formula is C32H42N4O9. The highest BCUT2D eigenvalue weighted by molar-refractivity contribution is 5.97. The minimum absolute atomic E-state index is 0.181. The molecule has 0 radical (unpaired) electrons. The van der Waals surface area contributed by atoms with Crippen molar-refractivity contribution in [2.45, 2.75) is 50.9 Å². The number of benzene rings is 2. The van der Waals surface area contributed by atoms with Crippen molar-refractivity contribution in [1.29, 1.82) is 0 Å². The molecule has 2 aromatic rings. The van der Waals surface area contributed by atoms with Crippen LogP contribution < -0.4 is 30.7 Å². The second-order valence-corrected chi connectivity index (χ2v) is 10.8. The minimum atomic E-state index is -0.574. The average Bonchev–Trinajstić information content (AvgIpc) is 3.02. The summed E-state index contributed by atoms with van der Waals surface area (Å²) in [6.45, 7) is 6.67. The second-order valence-electron chi connectivity index (χ2n) is 10.8. The predicted octanol–water partition coefficient (Wildman–Crippen LogP) is 0.285. The molecule has 45 heavy (non-hydrogen) atoms. The zero-order chi connectivity index (χ0) is 32.0. The molecule has 2 aliphatic rings. The van der Waals surface area contributed by atoms with E-state index < -0.39 is 24.2 Å². The molecule has 0 aromatic heterocycles. The van der Waals surface area contributed by atoms with Crippen molar-refractivity contribution in [2.24, 2.45) is 0 Å². The first-order valence-electron chi connectivity index (χ1n) is 15.2. The molecular weight excluding hydrogens is 584 g/mol. The molecule has 4 N–H and O–H groups in total. The lowest BCUT2D eigenvalue weighted by Gasteiger charge is -2.27. The maximum Gasteiger partial charge on any atom is 0.243 e. The van der Waals surface area contributed by atoms with Crippen LogP contribution in [-0.4, -0.2) is 101 Å². The quantitative estimate of drug-likeness (QED) is 0.170. The normalized spacial score (nSPS) is 21.4. The van der Waals surface area contributed by atoms with E-state index in [1.807, 2.05) is 48.5 Å². The Bertz CT molecular complexity index is 1170. The molecule has 0 spiro atoms. The van der Waals surface area contributed by atoms with Gasteiger partial charge in [0, 0.05) is 12.8 Å². The van der Waals surface area contributed by atoms with E-state index in [1.54, 1.807) is 13.8 Å². The molecule has 4 rings (SSSR count). The molecule has 0 saturated carbocycles. The van der Waals surface area contributed by atoms with E-state index >= 15 is 0 Å². The summed E-state index contributed by atoms with van der Waals surface area (Å²) in [7, 11) is 0. The van der Waals surface area contributed by atoms with Gasteiger partial charge in [0.05, 0.1) is 39.6 Å². The number of piperazine rings is 2. The third-order valence-electron chi connectivity index (χ3n) is 7.23. The number of hydrogen-bond acceptors (Lipinski definition) is 9. The average molecular weight is 627 g/mol. The Kier molecular flexibility index (Phi) is 13.0. The monoisotopic (exact) mass is 626 g/mol. The number of nitrogens with one attached hydrogen (secondary N) is 4. The van der Waals surface area contributed by atoms with Gasteiger partial charge in [-0.3, -0.25) is 19.2 Å². The lowest BCUT2D eigenvalue weighted by atomic mass is 10.0. The van der Waals surface area contributed by atoms with Crippen LogP contribution in [0.3, 0.4) is 0 Å². The summed E-state index contributed by atoms with van der Waals surface area (Å²) in [6.07, 6.45) is 0.824. The van der Waals surface area contributed by atoms with E-state index in [4.69, 9.17) is 23.7 Å². The minimum Gasteiger partial charge on any atom is -0.491 e. The summed E-state index contributed by atoms with van der Waals surface area (Å²) in [5.41, 5.74) is 1.84. The lowest BCUT2D eigenvalue weighted by molar-refractivity contribution is -0.136. The van der Waals surface area contributed by atoms with Gasteiger partial charge in [-0.05, 0) is 49.2 Å². The first-order chi connectivity index (χ1) is 21.8. The van der Waals surface area contributed by atoms with Gasteiger partial charge in [-0.2, -0.15) is 0 Å². The molecule has 13 heteroatoms. The Balaban J connectivity index is 0.952. The van der Waals surface area contributed by atoms with Gasteiger partial charge in [0.15, 0.2) is 0 Å². The van der Waals surface area contributed by atoms with E-state index in [0.717, 1.165) is 11.1 Å². The summed E-state index contributed by atoms with van der Waals surface area (Å²) in [6, 6.07) is 12.6. The van der Waals surface area contributed by atoms with Crippen LogP contribution in [0.5, 0.6) is 11.5 Å². The zero-order valence-electron chi connectivity index (χ0n) is 25.7. The fourth-order valence-corrected chi connectivity index (χ4v) is 4.66. The van der Waals surface area contributed by atoms with Crippen molar-refractivity contribution in [1.82, 2.24) is 21.3 Å². The van der Waals surface area contributed by atoms with Gasteiger partial charge in [0.1, 0.15) is 48.9 Å². The first kappa shape index (κ1) is 33.7. The molecule has 0 unspecified atom stereocenters. The Morgan fingerprint density at radius 2 is 0.800 bits per heavy atom. The van der Waals surface area contributed by atoms with Crippen molar-refractivity contribution < 1.29 is 42.9 Å². The van der Waals surface area contributed by atoms with Crippen LogP contribution in [0.15, 0.2) is 48.5 Å². The van der Waals surface area contributed by atoms with Crippen molar-refractivity contribution in [3.8, 4) is 11.5 Å². The molecule has 2 aromatic carbocycles. The predicted molar refractivity (Wildman–Crippen MR) is 163 cm³/mol. The van der Waals surface area contributed by atoms with Crippen molar-refractivity contribution in [3.05, 3.63) is 59.7 Å². The van der Waals surface area contributed by atoms with Crippen molar-refractivity contribution in [3.63, 3.8) is 0 Å². The zero-order valence-corrected chi connectivity index (χ0v) is 25.7. The van der Waals surface area contributed by atoms with Crippen LogP contribution in [0.25, 0.3) is 0 Å². The molecule has 2 aliphatic heterocycles. The molecule has 0 aliphatic carbocycles. The molecule has 13 nitrogen and oxygen atoms in total. The van der Waals surface area contributed by atoms with Crippen LogP contribution in [-0.2, 0) is 46.2 Å². The fourth-order valence-electron chi connectivity index (χ4n) is 4.66. The summed E-state index contributed by atoms with van der Waals surface area (Å²) >= 11 is 0. The van der Waals surface area contributed by atoms with Gasteiger partial charge in [-0.1, -0.05) is 24.3 Å². The van der Waals surface area contributed by atoms with Crippen LogP contribution in [0.2, 0.25) is 0 Å². The van der Waals surface area contributed by atoms with Gasteiger partial charge in [-0.15, -0.1) is 0 Å². The third kappa shape index (κ3) is 11.0. The highest BCUT2D eigenvalue weighted by Crippen LogP contribution is 2.16. The van der Waals surface area contributed by atoms with Gasteiger partial charge >= 0.3 is 0 Å². The molecule has 2 heterocycles. The van der Waals surface area contributed by atoms with Crippen LogP contribution in [0.4, 0.5) is 0 Å². The molecule has 244 valence electrons. The fraction of sp³-hybridized carbons (Fsp3) is 0.500. The number of carbonyl (C=O) groups is 4. The summed E-state index contributed by atoms with van der Waals surface area (Å²) in [5, 5.41) is 10.8. The summed E-state index contributed by atoms with van der Waals surface area (Å²) < 4.78 is 28.0. The van der Waals surface area contributed by atoms with Crippen LogP contribution >= 0.6 is 0 Å². The molecule has 4 atom stereocenters. The summed E-state index contributed by atoms with van der Waals surface area (Å²) in [4.78, 5) is 47.8. The standard InChI is InChI=1S/C32H42N4O9/c1-21-29(37)35-27(31(39)33-21)19-23-3-7-25(8-4-23)44-17-15-42-13-11-41-12-14-43-16-18-45-26-9-5-24(6-10-26)20-28-32(40)34-22(2)30(38)36-28/h3-10,21-22,27-28H,11-20H2,1-2H3,(H,33,39)(H,34,40)(H,35,37)(H,36,38)/t21-,22-,27-,28-/m0/s1. The lowest BCUT2D eigenvalue weighted by Crippen LogP contribution is -2.61. The van der Waals surface area contributed by atoms with Crippen LogP contribution in [0.1, 0.15) is 25.0 Å². The van der Waals surface area contributed by atoms with E-state index in [-0.39, 0.29) is 23.6 Å². The second kappa shape index (κ2) is 17.3. The van der Waals surface area contributed by atoms with Gasteiger partial charge in [0.25, 0.3) is 0 Å². The Hall–Kier alpha value is -4.20. The molecule has 4 amide bonds. The molecule has 2 fully saturated rings. The van der Waals surface area contributed by atoms with E-state index in [1.165, 1.54) is 0 Å². The number of rotatable bonds is 18. The van der Waals surface area contributed by atoms with E-state index in [2.05, 4.69) is 21.3 Å². The maximum atomic E-state index is 12.1. The van der Waals surface area contributed by atoms with E-state index in [9.17, 15) is 19.2 Å². The summed E-state index contributed by atoms with van der Waals surface area (Å²) in [5.74, 6) is 0.661. The Morgan fingerprint density at radius 1 is 0.467 bits per heavy atom.